The number of benzene rings is 10. The second kappa shape index (κ2) is 11.7. The molecule has 10 aromatic carbocycles. The van der Waals surface area contributed by atoms with Gasteiger partial charge in [0.1, 0.15) is 0 Å². The lowest BCUT2D eigenvalue weighted by molar-refractivity contribution is 0.661. The minimum atomic E-state index is -0.104. The molecule has 0 amide bonds. The third-order valence-electron chi connectivity index (χ3n) is 12.7. The Balaban J connectivity index is 0.984. The van der Waals surface area contributed by atoms with Gasteiger partial charge in [0.05, 0.1) is 0 Å². The van der Waals surface area contributed by atoms with Crippen LogP contribution in [0.25, 0.3) is 108 Å². The summed E-state index contributed by atoms with van der Waals surface area (Å²) in [5.74, 6) is 0. The second-order valence-corrected chi connectivity index (χ2v) is 17.0. The van der Waals surface area contributed by atoms with Gasteiger partial charge in [-0.3, -0.25) is 0 Å². The number of rotatable bonds is 3. The summed E-state index contributed by atoms with van der Waals surface area (Å²) in [4.78, 5) is 0. The summed E-state index contributed by atoms with van der Waals surface area (Å²) in [5.41, 5.74) is 13.1. The molecule has 11 aromatic rings. The van der Waals surface area contributed by atoms with Crippen LogP contribution >= 0.6 is 11.3 Å². The van der Waals surface area contributed by atoms with Crippen molar-refractivity contribution in [2.75, 3.05) is 0 Å². The van der Waals surface area contributed by atoms with Crippen LogP contribution in [-0.4, -0.2) is 0 Å². The van der Waals surface area contributed by atoms with E-state index in [1.54, 1.807) is 0 Å². The molecule has 56 heavy (non-hydrogen) atoms. The molecule has 1 aromatic heterocycles. The van der Waals surface area contributed by atoms with Gasteiger partial charge < -0.3 is 0 Å². The van der Waals surface area contributed by atoms with Gasteiger partial charge in [-0.15, -0.1) is 11.3 Å². The lowest BCUT2D eigenvalue weighted by Gasteiger charge is -2.22. The van der Waals surface area contributed by atoms with E-state index in [0.29, 0.717) is 0 Å². The monoisotopic (exact) mass is 728 g/mol. The zero-order valence-corrected chi connectivity index (χ0v) is 32.0. The van der Waals surface area contributed by atoms with E-state index in [-0.39, 0.29) is 5.41 Å². The summed E-state index contributed by atoms with van der Waals surface area (Å²) in [6.45, 7) is 4.79. The highest BCUT2D eigenvalue weighted by Crippen LogP contribution is 2.54. The normalized spacial score (nSPS) is 13.3. The van der Waals surface area contributed by atoms with E-state index in [0.717, 1.165) is 0 Å². The Morgan fingerprint density at radius 1 is 0.339 bits per heavy atom. The molecule has 12 rings (SSSR count). The maximum absolute atomic E-state index is 2.46. The fourth-order valence-corrected chi connectivity index (χ4v) is 11.2. The van der Waals surface area contributed by atoms with Crippen LogP contribution < -0.4 is 0 Å². The van der Waals surface area contributed by atoms with Crippen LogP contribution in [0.1, 0.15) is 25.0 Å². The third-order valence-corrected chi connectivity index (χ3v) is 13.9. The number of fused-ring (bicyclic) bond motifs is 12. The molecule has 0 unspecified atom stereocenters. The molecule has 0 spiro atoms. The minimum Gasteiger partial charge on any atom is -0.135 e. The zero-order chi connectivity index (χ0) is 37.1. The largest absolute Gasteiger partial charge is 0.135 e. The van der Waals surface area contributed by atoms with E-state index in [2.05, 4.69) is 196 Å². The predicted octanol–water partition coefficient (Wildman–Crippen LogP) is 16.0. The maximum atomic E-state index is 2.46. The average Bonchev–Trinajstić information content (AvgIpc) is 3.74. The van der Waals surface area contributed by atoms with Crippen molar-refractivity contribution in [2.45, 2.75) is 19.3 Å². The van der Waals surface area contributed by atoms with E-state index in [1.807, 2.05) is 11.3 Å². The molecule has 1 aliphatic carbocycles. The van der Waals surface area contributed by atoms with Crippen LogP contribution in [0, 0.1) is 0 Å². The molecule has 0 atom stereocenters. The lowest BCUT2D eigenvalue weighted by atomic mass is 9.81. The molecule has 0 nitrogen and oxygen atoms in total. The molecule has 1 heterocycles. The lowest BCUT2D eigenvalue weighted by Crippen LogP contribution is -2.15. The highest BCUT2D eigenvalue weighted by molar-refractivity contribution is 7.26. The molecular formula is C55H36S. The van der Waals surface area contributed by atoms with Crippen LogP contribution in [-0.2, 0) is 5.41 Å². The molecule has 262 valence electrons. The Hall–Kier alpha value is -6.54. The minimum absolute atomic E-state index is 0.104. The van der Waals surface area contributed by atoms with Crippen molar-refractivity contribution in [3.63, 3.8) is 0 Å². The Bertz CT molecular complexity index is 3370. The van der Waals surface area contributed by atoms with Gasteiger partial charge in [0.25, 0.3) is 0 Å². The summed E-state index contributed by atoms with van der Waals surface area (Å²) in [5, 5.41) is 13.1. The van der Waals surface area contributed by atoms with Gasteiger partial charge in [-0.2, -0.15) is 0 Å². The van der Waals surface area contributed by atoms with Crippen molar-refractivity contribution in [1.29, 1.82) is 0 Å². The first-order valence-corrected chi connectivity index (χ1v) is 20.4. The molecule has 0 fully saturated rings. The maximum Gasteiger partial charge on any atom is 0.0434 e. The zero-order valence-electron chi connectivity index (χ0n) is 31.2. The molecule has 0 saturated carbocycles. The number of thiophene rings is 1. The first-order valence-electron chi connectivity index (χ1n) is 19.6. The smallest absolute Gasteiger partial charge is 0.0434 e. The molecule has 0 saturated heterocycles. The van der Waals surface area contributed by atoms with Crippen LogP contribution in [0.5, 0.6) is 0 Å². The Kier molecular flexibility index (Phi) is 6.66. The molecule has 0 bridgehead atoms. The van der Waals surface area contributed by atoms with Crippen molar-refractivity contribution in [2.24, 2.45) is 0 Å². The van der Waals surface area contributed by atoms with E-state index < -0.39 is 0 Å². The highest BCUT2D eigenvalue weighted by atomic mass is 32.1. The van der Waals surface area contributed by atoms with Crippen molar-refractivity contribution >= 4 is 74.6 Å². The van der Waals surface area contributed by atoms with Gasteiger partial charge in [0.2, 0.25) is 0 Å². The number of hydrogen-bond donors (Lipinski definition) is 0. The molecule has 0 radical (unpaired) electrons. The SMILES string of the molecule is CC1(C)c2cc(-c3ccc(-c4c5ccccc5c(-c5cccc6ccccc56)c5ccccc45)cc3)ccc2-c2c1ccc1c2ccc2c3ccccc3sc12. The van der Waals surface area contributed by atoms with Gasteiger partial charge in [-0.25, -0.2) is 0 Å². The average molecular weight is 729 g/mol. The van der Waals surface area contributed by atoms with Crippen LogP contribution in [0.3, 0.4) is 0 Å². The predicted molar refractivity (Wildman–Crippen MR) is 243 cm³/mol. The van der Waals surface area contributed by atoms with Crippen molar-refractivity contribution < 1.29 is 0 Å². The third kappa shape index (κ3) is 4.41. The Morgan fingerprint density at radius 2 is 0.875 bits per heavy atom. The topological polar surface area (TPSA) is 0 Å². The standard InChI is InChI=1S/C55H36S/c1-55(2)48-31-30-46-44(28-29-45-38-15-9-10-21-50(38)56-54(45)46)53(48)47-27-26-36(32-49(47)55)33-22-24-35(25-23-33)51-40-16-5-7-18-42(40)52(43-19-8-6-17-41(43)51)39-20-11-13-34-12-3-4-14-37(34)39/h3-32H,1-2H3. The van der Waals surface area contributed by atoms with Crippen LogP contribution in [0.4, 0.5) is 0 Å². The molecular weight excluding hydrogens is 693 g/mol. The molecule has 0 N–H and O–H groups in total. The van der Waals surface area contributed by atoms with E-state index in [4.69, 9.17) is 0 Å². The van der Waals surface area contributed by atoms with E-state index >= 15 is 0 Å². The van der Waals surface area contributed by atoms with Gasteiger partial charge in [-0.1, -0.05) is 184 Å². The Labute approximate surface area is 329 Å². The van der Waals surface area contributed by atoms with Crippen molar-refractivity contribution in [1.82, 2.24) is 0 Å². The summed E-state index contributed by atoms with van der Waals surface area (Å²) in [6, 6.07) is 68.1. The van der Waals surface area contributed by atoms with E-state index in [9.17, 15) is 0 Å². The first kappa shape index (κ1) is 31.8. The summed E-state index contributed by atoms with van der Waals surface area (Å²) < 4.78 is 2.74. The van der Waals surface area contributed by atoms with Gasteiger partial charge in [-0.05, 0) is 105 Å². The highest BCUT2D eigenvalue weighted by Gasteiger charge is 2.37. The molecule has 1 heteroatoms. The van der Waals surface area contributed by atoms with Gasteiger partial charge in [0.15, 0.2) is 0 Å². The Morgan fingerprint density at radius 3 is 1.62 bits per heavy atom. The van der Waals surface area contributed by atoms with Gasteiger partial charge >= 0.3 is 0 Å². The van der Waals surface area contributed by atoms with Crippen molar-refractivity contribution in [3.05, 3.63) is 193 Å². The van der Waals surface area contributed by atoms with Crippen LogP contribution in [0.15, 0.2) is 182 Å². The fraction of sp³-hybridized carbons (Fsp3) is 0.0545. The van der Waals surface area contributed by atoms with Crippen LogP contribution in [0.2, 0.25) is 0 Å². The molecule has 0 aliphatic heterocycles. The molecule has 1 aliphatic rings. The first-order chi connectivity index (χ1) is 27.5. The van der Waals surface area contributed by atoms with E-state index in [1.165, 1.54) is 119 Å². The quantitative estimate of drug-likeness (QED) is 0.159. The fourth-order valence-electron chi connectivity index (χ4n) is 10.0. The van der Waals surface area contributed by atoms with Crippen molar-refractivity contribution in [3.8, 4) is 44.5 Å². The number of hydrogen-bond acceptors (Lipinski definition) is 1. The van der Waals surface area contributed by atoms with Gasteiger partial charge in [0, 0.05) is 31.0 Å². The summed E-state index contributed by atoms with van der Waals surface area (Å²) >= 11 is 1.92. The summed E-state index contributed by atoms with van der Waals surface area (Å²) in [6.07, 6.45) is 0. The summed E-state index contributed by atoms with van der Waals surface area (Å²) in [7, 11) is 0. The second-order valence-electron chi connectivity index (χ2n) is 16.0.